The molecule has 0 heterocycles. The zero-order valence-corrected chi connectivity index (χ0v) is 14.6. The summed E-state index contributed by atoms with van der Waals surface area (Å²) in [4.78, 5) is 0. The van der Waals surface area contributed by atoms with Crippen LogP contribution in [0.5, 0.6) is 0 Å². The lowest BCUT2D eigenvalue weighted by molar-refractivity contribution is 0.150. The lowest BCUT2D eigenvalue weighted by atomic mass is 9.67. The third-order valence-electron chi connectivity index (χ3n) is 5.07. The van der Waals surface area contributed by atoms with Gasteiger partial charge in [0.05, 0.1) is 0 Å². The van der Waals surface area contributed by atoms with Crippen LogP contribution in [0, 0.1) is 17.2 Å². The van der Waals surface area contributed by atoms with Crippen LogP contribution in [0.25, 0.3) is 0 Å². The van der Waals surface area contributed by atoms with Gasteiger partial charge in [0.15, 0.2) is 0 Å². The molecule has 1 fully saturated rings. The average Bonchev–Trinajstić information content (AvgIpc) is 2.45. The Balaban J connectivity index is 1.99. The van der Waals surface area contributed by atoms with Crippen molar-refractivity contribution >= 4 is 15.9 Å². The van der Waals surface area contributed by atoms with Gasteiger partial charge in [-0.3, -0.25) is 0 Å². The Kier molecular flexibility index (Phi) is 6.24. The molecule has 2 rings (SSSR count). The summed E-state index contributed by atoms with van der Waals surface area (Å²) in [6.45, 7) is 2.97. The molecule has 21 heavy (non-hydrogen) atoms. The van der Waals surface area contributed by atoms with Crippen molar-refractivity contribution in [3.05, 3.63) is 34.1 Å². The van der Waals surface area contributed by atoms with Crippen LogP contribution in [0.3, 0.4) is 0 Å². The van der Waals surface area contributed by atoms with Crippen LogP contribution < -0.4 is 5.73 Å². The topological polar surface area (TPSA) is 26.0 Å². The van der Waals surface area contributed by atoms with Gasteiger partial charge in [0.1, 0.15) is 5.82 Å². The molecule has 0 amide bonds. The van der Waals surface area contributed by atoms with E-state index in [0.717, 1.165) is 22.4 Å². The Labute approximate surface area is 136 Å². The van der Waals surface area contributed by atoms with E-state index in [1.165, 1.54) is 51.0 Å². The summed E-state index contributed by atoms with van der Waals surface area (Å²) in [5.41, 5.74) is 7.35. The van der Waals surface area contributed by atoms with Crippen LogP contribution in [0.1, 0.15) is 57.4 Å². The minimum atomic E-state index is -0.164. The maximum atomic E-state index is 13.6. The molecule has 1 aromatic carbocycles. The van der Waals surface area contributed by atoms with Gasteiger partial charge >= 0.3 is 0 Å². The molecule has 1 aromatic rings. The van der Waals surface area contributed by atoms with Crippen molar-refractivity contribution in [2.45, 2.75) is 58.3 Å². The molecule has 0 bridgehead atoms. The molecule has 0 radical (unpaired) electrons. The zero-order valence-electron chi connectivity index (χ0n) is 13.0. The van der Waals surface area contributed by atoms with E-state index in [0.29, 0.717) is 6.54 Å². The van der Waals surface area contributed by atoms with E-state index in [1.807, 2.05) is 6.07 Å². The van der Waals surface area contributed by atoms with Crippen molar-refractivity contribution in [2.75, 3.05) is 6.54 Å². The number of benzene rings is 1. The van der Waals surface area contributed by atoms with E-state index in [1.54, 1.807) is 6.07 Å². The van der Waals surface area contributed by atoms with Gasteiger partial charge in [-0.25, -0.2) is 4.39 Å². The smallest absolute Gasteiger partial charge is 0.124 e. The van der Waals surface area contributed by atoms with Crippen LogP contribution >= 0.6 is 15.9 Å². The molecule has 118 valence electrons. The Morgan fingerprint density at radius 1 is 1.29 bits per heavy atom. The molecule has 0 aliphatic heterocycles. The second-order valence-electron chi connectivity index (χ2n) is 6.74. The molecule has 0 saturated heterocycles. The number of hydrogen-bond donors (Lipinski definition) is 1. The second kappa shape index (κ2) is 7.73. The lowest BCUT2D eigenvalue weighted by Gasteiger charge is -2.40. The summed E-state index contributed by atoms with van der Waals surface area (Å²) in [7, 11) is 0. The van der Waals surface area contributed by atoms with Gasteiger partial charge in [0.2, 0.25) is 0 Å². The van der Waals surface area contributed by atoms with Gasteiger partial charge in [0.25, 0.3) is 0 Å². The van der Waals surface area contributed by atoms with Crippen molar-refractivity contribution in [3.63, 3.8) is 0 Å². The molecule has 1 saturated carbocycles. The molecule has 1 aliphatic rings. The van der Waals surface area contributed by atoms with Gasteiger partial charge in [0, 0.05) is 4.47 Å². The summed E-state index contributed by atoms with van der Waals surface area (Å²) >= 11 is 3.38. The van der Waals surface area contributed by atoms with Crippen molar-refractivity contribution in [1.29, 1.82) is 0 Å². The maximum Gasteiger partial charge on any atom is 0.124 e. The van der Waals surface area contributed by atoms with E-state index >= 15 is 0 Å². The first-order valence-corrected chi connectivity index (χ1v) is 9.01. The van der Waals surface area contributed by atoms with Crippen LogP contribution in [0.4, 0.5) is 4.39 Å². The van der Waals surface area contributed by atoms with Crippen LogP contribution in [-0.4, -0.2) is 6.54 Å². The number of rotatable bonds is 6. The average molecular weight is 356 g/mol. The van der Waals surface area contributed by atoms with Gasteiger partial charge in [-0.1, -0.05) is 42.1 Å². The van der Waals surface area contributed by atoms with E-state index < -0.39 is 0 Å². The normalized spacial score (nSPS) is 26.0. The van der Waals surface area contributed by atoms with Crippen molar-refractivity contribution in [2.24, 2.45) is 17.1 Å². The fraction of sp³-hybridized carbons (Fsp3) is 0.667. The molecule has 0 spiro atoms. The van der Waals surface area contributed by atoms with E-state index in [-0.39, 0.29) is 11.2 Å². The SMILES string of the molecule is CCCCC1CCC(CN)(Cc2cc(F)cc(Br)c2)CC1. The summed E-state index contributed by atoms with van der Waals surface area (Å²) in [6.07, 6.45) is 9.84. The molecule has 2 N–H and O–H groups in total. The van der Waals surface area contributed by atoms with E-state index in [2.05, 4.69) is 22.9 Å². The summed E-state index contributed by atoms with van der Waals surface area (Å²) in [6, 6.07) is 5.20. The molecule has 1 nitrogen and oxygen atoms in total. The Morgan fingerprint density at radius 3 is 2.57 bits per heavy atom. The Bertz CT molecular complexity index is 432. The summed E-state index contributed by atoms with van der Waals surface area (Å²) < 4.78 is 14.4. The maximum absolute atomic E-state index is 13.6. The highest BCUT2D eigenvalue weighted by Crippen LogP contribution is 2.42. The highest BCUT2D eigenvalue weighted by atomic mass is 79.9. The number of halogens is 2. The fourth-order valence-electron chi connectivity index (χ4n) is 3.67. The van der Waals surface area contributed by atoms with Gasteiger partial charge in [-0.05, 0) is 73.7 Å². The van der Waals surface area contributed by atoms with E-state index in [9.17, 15) is 4.39 Å². The first kappa shape index (κ1) is 17.0. The molecule has 0 atom stereocenters. The quantitative estimate of drug-likeness (QED) is 0.720. The van der Waals surface area contributed by atoms with Gasteiger partial charge < -0.3 is 5.73 Å². The second-order valence-corrected chi connectivity index (χ2v) is 7.66. The number of hydrogen-bond acceptors (Lipinski definition) is 1. The van der Waals surface area contributed by atoms with Crippen LogP contribution in [0.2, 0.25) is 0 Å². The standard InChI is InChI=1S/C18H27BrFN/c1-2-3-4-14-5-7-18(13-21,8-6-14)12-15-9-16(19)11-17(20)10-15/h9-11,14H,2-8,12-13,21H2,1H3. The fourth-order valence-corrected chi connectivity index (χ4v) is 4.18. The third-order valence-corrected chi connectivity index (χ3v) is 5.52. The first-order valence-electron chi connectivity index (χ1n) is 8.22. The number of unbranched alkanes of at least 4 members (excludes halogenated alkanes) is 1. The highest BCUT2D eigenvalue weighted by molar-refractivity contribution is 9.10. The predicted molar refractivity (Wildman–Crippen MR) is 90.8 cm³/mol. The third kappa shape index (κ3) is 4.79. The van der Waals surface area contributed by atoms with Crippen LogP contribution in [-0.2, 0) is 6.42 Å². The van der Waals surface area contributed by atoms with Crippen molar-refractivity contribution in [1.82, 2.24) is 0 Å². The van der Waals surface area contributed by atoms with Gasteiger partial charge in [-0.2, -0.15) is 0 Å². The Morgan fingerprint density at radius 2 is 2.00 bits per heavy atom. The first-order chi connectivity index (χ1) is 10.1. The molecule has 0 aromatic heterocycles. The Hall–Kier alpha value is -0.410. The molecule has 1 aliphatic carbocycles. The minimum absolute atomic E-state index is 0.164. The number of nitrogens with two attached hydrogens (primary N) is 1. The summed E-state index contributed by atoms with van der Waals surface area (Å²) in [5, 5.41) is 0. The molecule has 0 unspecified atom stereocenters. The highest BCUT2D eigenvalue weighted by Gasteiger charge is 2.34. The molecular weight excluding hydrogens is 329 g/mol. The molecular formula is C18H27BrFN. The largest absolute Gasteiger partial charge is 0.330 e. The van der Waals surface area contributed by atoms with Crippen LogP contribution in [0.15, 0.2) is 22.7 Å². The van der Waals surface area contributed by atoms with E-state index in [4.69, 9.17) is 5.73 Å². The predicted octanol–water partition coefficient (Wildman–Crippen LogP) is 5.46. The lowest BCUT2D eigenvalue weighted by Crippen LogP contribution is -2.37. The van der Waals surface area contributed by atoms with Crippen molar-refractivity contribution in [3.8, 4) is 0 Å². The molecule has 3 heteroatoms. The van der Waals surface area contributed by atoms with Gasteiger partial charge in [-0.15, -0.1) is 0 Å². The monoisotopic (exact) mass is 355 g/mol. The summed E-state index contributed by atoms with van der Waals surface area (Å²) in [5.74, 6) is 0.715. The minimum Gasteiger partial charge on any atom is -0.330 e. The zero-order chi connectivity index (χ0) is 15.3. The van der Waals surface area contributed by atoms with Crippen molar-refractivity contribution < 1.29 is 4.39 Å².